The zero-order valence-electron chi connectivity index (χ0n) is 9.01. The highest BCUT2D eigenvalue weighted by molar-refractivity contribution is 8.00. The molecule has 86 valence electrons. The van der Waals surface area contributed by atoms with E-state index < -0.39 is 6.10 Å². The van der Waals surface area contributed by atoms with Crippen LogP contribution < -0.4 is 10.6 Å². The number of carbonyl (C=O) groups excluding carboxylic acids is 1. The Hall–Kier alpha value is -1.04. The van der Waals surface area contributed by atoms with Crippen LogP contribution in [0.2, 0.25) is 0 Å². The van der Waals surface area contributed by atoms with E-state index in [1.807, 2.05) is 18.2 Å². The molecule has 0 aromatic heterocycles. The zero-order valence-corrected chi connectivity index (χ0v) is 9.83. The van der Waals surface area contributed by atoms with Gasteiger partial charge in [-0.15, -0.1) is 11.8 Å². The number of aliphatic hydroxyl groups excluding tert-OH is 1. The summed E-state index contributed by atoms with van der Waals surface area (Å²) in [5.74, 6) is 0.552. The summed E-state index contributed by atoms with van der Waals surface area (Å²) in [5.41, 5.74) is 7.11. The number of anilines is 1. The van der Waals surface area contributed by atoms with Crippen LogP contribution in [0, 0.1) is 0 Å². The van der Waals surface area contributed by atoms with Gasteiger partial charge >= 0.3 is 0 Å². The van der Waals surface area contributed by atoms with E-state index in [2.05, 4.69) is 0 Å². The van der Waals surface area contributed by atoms with Crippen molar-refractivity contribution in [1.29, 1.82) is 0 Å². The first-order valence-corrected chi connectivity index (χ1v) is 6.03. The second kappa shape index (κ2) is 4.45. The lowest BCUT2D eigenvalue weighted by atomic mass is 10.1. The second-order valence-corrected chi connectivity index (χ2v) is 4.74. The molecule has 1 atom stereocenters. The van der Waals surface area contributed by atoms with Crippen molar-refractivity contribution in [2.75, 3.05) is 24.2 Å². The molecular formula is C11H14N2O2S. The maximum absolute atomic E-state index is 11.5. The van der Waals surface area contributed by atoms with Crippen LogP contribution in [0.4, 0.5) is 5.69 Å². The summed E-state index contributed by atoms with van der Waals surface area (Å²) in [7, 11) is 1.76. The molecule has 1 amide bonds. The first-order valence-electron chi connectivity index (χ1n) is 5.05. The fourth-order valence-electron chi connectivity index (χ4n) is 1.64. The average Bonchev–Trinajstić information content (AvgIpc) is 2.32. The van der Waals surface area contributed by atoms with Gasteiger partial charge in [-0.1, -0.05) is 6.07 Å². The van der Waals surface area contributed by atoms with Gasteiger partial charge in [-0.05, 0) is 17.7 Å². The molecule has 0 saturated carbocycles. The van der Waals surface area contributed by atoms with E-state index in [0.29, 0.717) is 5.75 Å². The highest BCUT2D eigenvalue weighted by atomic mass is 32.2. The maximum Gasteiger partial charge on any atom is 0.237 e. The average molecular weight is 238 g/mol. The number of hydrogen-bond donors (Lipinski definition) is 2. The minimum atomic E-state index is -0.631. The van der Waals surface area contributed by atoms with E-state index in [1.54, 1.807) is 11.9 Å². The van der Waals surface area contributed by atoms with Crippen LogP contribution in [0.1, 0.15) is 11.7 Å². The summed E-state index contributed by atoms with van der Waals surface area (Å²) < 4.78 is 0. The summed E-state index contributed by atoms with van der Waals surface area (Å²) in [6.45, 7) is 0.207. The Labute approximate surface area is 98.4 Å². The third kappa shape index (κ3) is 1.93. The Morgan fingerprint density at radius 1 is 1.62 bits per heavy atom. The standard InChI is InChI=1S/C11H14N2O2S/c1-13-8-3-2-7(9(14)5-12)4-10(8)16-6-11(13)15/h2-4,9,14H,5-6,12H2,1H3. The Morgan fingerprint density at radius 3 is 3.06 bits per heavy atom. The number of fused-ring (bicyclic) bond motifs is 1. The largest absolute Gasteiger partial charge is 0.387 e. The SMILES string of the molecule is CN1C(=O)CSc2cc(C(O)CN)ccc21. The Bertz CT molecular complexity index is 422. The van der Waals surface area contributed by atoms with Crippen molar-refractivity contribution in [3.05, 3.63) is 23.8 Å². The van der Waals surface area contributed by atoms with Crippen LogP contribution in [-0.2, 0) is 4.79 Å². The second-order valence-electron chi connectivity index (χ2n) is 3.72. The van der Waals surface area contributed by atoms with Gasteiger partial charge in [-0.25, -0.2) is 0 Å². The van der Waals surface area contributed by atoms with Gasteiger partial charge in [0.25, 0.3) is 0 Å². The van der Waals surface area contributed by atoms with E-state index in [9.17, 15) is 9.90 Å². The maximum atomic E-state index is 11.5. The lowest BCUT2D eigenvalue weighted by Crippen LogP contribution is -2.31. The van der Waals surface area contributed by atoms with E-state index in [0.717, 1.165) is 16.1 Å². The number of benzene rings is 1. The first-order chi connectivity index (χ1) is 7.63. The molecule has 0 aliphatic carbocycles. The fourth-order valence-corrected chi connectivity index (χ4v) is 2.68. The summed E-state index contributed by atoms with van der Waals surface area (Å²) in [4.78, 5) is 14.1. The number of aliphatic hydroxyl groups is 1. The van der Waals surface area contributed by atoms with Crippen molar-refractivity contribution in [3.8, 4) is 0 Å². The van der Waals surface area contributed by atoms with Gasteiger partial charge in [0.2, 0.25) is 5.91 Å². The Kier molecular flexibility index (Phi) is 3.18. The van der Waals surface area contributed by atoms with Crippen molar-refractivity contribution in [1.82, 2.24) is 0 Å². The van der Waals surface area contributed by atoms with Gasteiger partial charge in [0, 0.05) is 18.5 Å². The summed E-state index contributed by atoms with van der Waals surface area (Å²) in [6, 6.07) is 5.57. The van der Waals surface area contributed by atoms with Crippen molar-refractivity contribution in [2.24, 2.45) is 5.73 Å². The topological polar surface area (TPSA) is 66.6 Å². The lowest BCUT2D eigenvalue weighted by Gasteiger charge is -2.26. The third-order valence-corrected chi connectivity index (χ3v) is 3.71. The van der Waals surface area contributed by atoms with E-state index in [1.165, 1.54) is 11.8 Å². The predicted molar refractivity (Wildman–Crippen MR) is 64.6 cm³/mol. The molecule has 1 aromatic rings. The molecule has 1 heterocycles. The quantitative estimate of drug-likeness (QED) is 0.798. The summed E-state index contributed by atoms with van der Waals surface area (Å²) in [6.07, 6.45) is -0.631. The van der Waals surface area contributed by atoms with Crippen LogP contribution >= 0.6 is 11.8 Å². The highest BCUT2D eigenvalue weighted by Crippen LogP contribution is 2.36. The molecule has 0 spiro atoms. The molecule has 1 aliphatic heterocycles. The number of nitrogens with zero attached hydrogens (tertiary/aromatic N) is 1. The number of amides is 1. The number of rotatable bonds is 2. The monoisotopic (exact) mass is 238 g/mol. The molecule has 0 saturated heterocycles. The lowest BCUT2D eigenvalue weighted by molar-refractivity contribution is -0.116. The van der Waals surface area contributed by atoms with Crippen molar-refractivity contribution in [3.63, 3.8) is 0 Å². The molecule has 16 heavy (non-hydrogen) atoms. The molecule has 5 heteroatoms. The molecule has 0 fully saturated rings. The van der Waals surface area contributed by atoms with Crippen molar-refractivity contribution < 1.29 is 9.90 Å². The number of carbonyl (C=O) groups is 1. The molecule has 2 rings (SSSR count). The van der Waals surface area contributed by atoms with Crippen LogP contribution in [0.3, 0.4) is 0 Å². The molecule has 1 aliphatic rings. The predicted octanol–water partition coefficient (Wildman–Crippen LogP) is 0.747. The summed E-state index contributed by atoms with van der Waals surface area (Å²) >= 11 is 1.50. The third-order valence-electron chi connectivity index (χ3n) is 2.68. The van der Waals surface area contributed by atoms with Crippen LogP contribution in [0.15, 0.2) is 23.1 Å². The molecule has 0 bridgehead atoms. The van der Waals surface area contributed by atoms with E-state index >= 15 is 0 Å². The Morgan fingerprint density at radius 2 is 2.38 bits per heavy atom. The van der Waals surface area contributed by atoms with Gasteiger partial charge < -0.3 is 15.7 Å². The minimum absolute atomic E-state index is 0.102. The molecule has 4 nitrogen and oxygen atoms in total. The number of nitrogens with two attached hydrogens (primary N) is 1. The smallest absolute Gasteiger partial charge is 0.237 e. The van der Waals surface area contributed by atoms with Crippen molar-refractivity contribution in [2.45, 2.75) is 11.0 Å². The van der Waals surface area contributed by atoms with E-state index in [4.69, 9.17) is 5.73 Å². The van der Waals surface area contributed by atoms with Gasteiger partial charge in [-0.2, -0.15) is 0 Å². The highest BCUT2D eigenvalue weighted by Gasteiger charge is 2.22. The molecule has 3 N–H and O–H groups in total. The van der Waals surface area contributed by atoms with E-state index in [-0.39, 0.29) is 12.5 Å². The van der Waals surface area contributed by atoms with Crippen LogP contribution in [-0.4, -0.2) is 30.4 Å². The van der Waals surface area contributed by atoms with Gasteiger partial charge in [0.05, 0.1) is 17.5 Å². The minimum Gasteiger partial charge on any atom is -0.387 e. The number of thioether (sulfide) groups is 1. The molecule has 1 aromatic carbocycles. The van der Waals surface area contributed by atoms with Crippen LogP contribution in [0.5, 0.6) is 0 Å². The zero-order chi connectivity index (χ0) is 11.7. The summed E-state index contributed by atoms with van der Waals surface area (Å²) in [5, 5.41) is 9.63. The van der Waals surface area contributed by atoms with Gasteiger partial charge in [0.15, 0.2) is 0 Å². The van der Waals surface area contributed by atoms with Gasteiger partial charge in [-0.3, -0.25) is 4.79 Å². The molecular weight excluding hydrogens is 224 g/mol. The molecule has 1 unspecified atom stereocenters. The number of hydrogen-bond acceptors (Lipinski definition) is 4. The van der Waals surface area contributed by atoms with Gasteiger partial charge in [0.1, 0.15) is 0 Å². The normalized spacial score (nSPS) is 17.2. The van der Waals surface area contributed by atoms with Crippen molar-refractivity contribution >= 4 is 23.4 Å². The van der Waals surface area contributed by atoms with Crippen LogP contribution in [0.25, 0.3) is 0 Å². The first kappa shape index (κ1) is 11.4. The fraction of sp³-hybridized carbons (Fsp3) is 0.364. The Balaban J connectivity index is 2.37. The molecule has 0 radical (unpaired) electrons.